The van der Waals surface area contributed by atoms with Gasteiger partial charge in [0.25, 0.3) is 0 Å². The number of hydrogen-bond acceptors (Lipinski definition) is 6. The Morgan fingerprint density at radius 1 is 1.30 bits per heavy atom. The quantitative estimate of drug-likeness (QED) is 0.517. The van der Waals surface area contributed by atoms with Crippen molar-refractivity contribution in [3.8, 4) is 11.5 Å². The summed E-state index contributed by atoms with van der Waals surface area (Å²) in [6, 6.07) is 7.74. The van der Waals surface area contributed by atoms with Crippen molar-refractivity contribution in [3.63, 3.8) is 0 Å². The maximum Gasteiger partial charge on any atom is 0.246 e. The summed E-state index contributed by atoms with van der Waals surface area (Å²) < 4.78 is 11.4. The SMILES string of the molecule is CCCOc1c(CN(C)C(=O)/C=C/c2cnc3c(c2)CC2(CCN(C)CC2)C(=O)N3)cccc1OC.Cl. The third kappa shape index (κ3) is 6.43. The van der Waals surface area contributed by atoms with Gasteiger partial charge in [0.05, 0.1) is 19.1 Å². The fourth-order valence-electron chi connectivity index (χ4n) is 4.85. The molecule has 4 rings (SSSR count). The van der Waals surface area contributed by atoms with Crippen molar-refractivity contribution in [2.45, 2.75) is 39.2 Å². The maximum atomic E-state index is 12.9. The summed E-state index contributed by atoms with van der Waals surface area (Å²) in [7, 11) is 5.47. The zero-order valence-corrected chi connectivity index (χ0v) is 22.9. The molecule has 2 aliphatic heterocycles. The number of piperidine rings is 1. The number of carbonyl (C=O) groups excluding carboxylic acids is 2. The lowest BCUT2D eigenvalue weighted by molar-refractivity contribution is -0.128. The molecule has 1 saturated heterocycles. The van der Waals surface area contributed by atoms with Gasteiger partial charge in [-0.1, -0.05) is 19.1 Å². The summed E-state index contributed by atoms with van der Waals surface area (Å²) in [6.45, 7) is 4.84. The van der Waals surface area contributed by atoms with E-state index in [1.54, 1.807) is 37.4 Å². The number of methoxy groups -OCH3 is 1. The number of amides is 2. The molecule has 200 valence electrons. The van der Waals surface area contributed by atoms with E-state index >= 15 is 0 Å². The summed E-state index contributed by atoms with van der Waals surface area (Å²) in [4.78, 5) is 34.1. The van der Waals surface area contributed by atoms with Crippen LogP contribution in [-0.4, -0.2) is 67.5 Å². The molecule has 3 heterocycles. The summed E-state index contributed by atoms with van der Waals surface area (Å²) in [5, 5.41) is 3.01. The van der Waals surface area contributed by atoms with Crippen LogP contribution < -0.4 is 14.8 Å². The van der Waals surface area contributed by atoms with Gasteiger partial charge in [0, 0.05) is 31.4 Å². The van der Waals surface area contributed by atoms with Gasteiger partial charge in [0.1, 0.15) is 5.82 Å². The number of aromatic nitrogens is 1. The maximum absolute atomic E-state index is 12.9. The molecule has 0 radical (unpaired) electrons. The van der Waals surface area contributed by atoms with E-state index in [2.05, 4.69) is 22.2 Å². The average molecular weight is 529 g/mol. The first kappa shape index (κ1) is 28.5. The molecule has 0 aliphatic carbocycles. The lowest BCUT2D eigenvalue weighted by Crippen LogP contribution is -2.49. The molecule has 0 bridgehead atoms. The van der Waals surface area contributed by atoms with Crippen LogP contribution in [-0.2, 0) is 22.6 Å². The van der Waals surface area contributed by atoms with Crippen LogP contribution in [0.25, 0.3) is 6.08 Å². The molecule has 9 heteroatoms. The molecular formula is C28H37ClN4O4. The second-order valence-corrected chi connectivity index (χ2v) is 9.82. The van der Waals surface area contributed by atoms with Gasteiger partial charge in [-0.05, 0) is 75.2 Å². The first-order valence-electron chi connectivity index (χ1n) is 12.6. The van der Waals surface area contributed by atoms with E-state index < -0.39 is 0 Å². The molecule has 1 aromatic heterocycles. The molecule has 2 amide bonds. The highest BCUT2D eigenvalue weighted by molar-refractivity contribution is 5.98. The van der Waals surface area contributed by atoms with E-state index in [1.807, 2.05) is 31.2 Å². The Kier molecular flexibility index (Phi) is 9.56. The van der Waals surface area contributed by atoms with Crippen molar-refractivity contribution < 1.29 is 19.1 Å². The predicted octanol–water partition coefficient (Wildman–Crippen LogP) is 4.18. The summed E-state index contributed by atoms with van der Waals surface area (Å²) in [6.07, 6.45) is 8.27. The Morgan fingerprint density at radius 3 is 2.76 bits per heavy atom. The molecule has 2 aliphatic rings. The summed E-state index contributed by atoms with van der Waals surface area (Å²) in [5.41, 5.74) is 2.38. The number of ether oxygens (including phenoxy) is 2. The first-order valence-corrected chi connectivity index (χ1v) is 12.6. The van der Waals surface area contributed by atoms with Gasteiger partial charge < -0.3 is 24.6 Å². The molecule has 2 aromatic rings. The van der Waals surface area contributed by atoms with Crippen molar-refractivity contribution in [3.05, 3.63) is 53.2 Å². The number of hydrogen-bond donors (Lipinski definition) is 1. The minimum atomic E-state index is -0.367. The highest BCUT2D eigenvalue weighted by Crippen LogP contribution is 2.41. The number of para-hydroxylation sites is 1. The lowest BCUT2D eigenvalue weighted by atomic mass is 9.71. The molecule has 1 spiro atoms. The Balaban J connectivity index is 0.00000380. The van der Waals surface area contributed by atoms with Crippen LogP contribution in [0, 0.1) is 5.41 Å². The predicted molar refractivity (Wildman–Crippen MR) is 147 cm³/mol. The fraction of sp³-hybridized carbons (Fsp3) is 0.464. The van der Waals surface area contributed by atoms with Gasteiger partial charge in [0.2, 0.25) is 11.8 Å². The number of halogens is 1. The van der Waals surface area contributed by atoms with Crippen molar-refractivity contribution in [1.82, 2.24) is 14.8 Å². The van der Waals surface area contributed by atoms with E-state index in [4.69, 9.17) is 9.47 Å². The smallest absolute Gasteiger partial charge is 0.246 e. The van der Waals surface area contributed by atoms with Crippen LogP contribution in [0.2, 0.25) is 0 Å². The fourth-order valence-corrected chi connectivity index (χ4v) is 4.85. The second kappa shape index (κ2) is 12.4. The molecule has 1 N–H and O–H groups in total. The Hall–Kier alpha value is -3.10. The third-order valence-electron chi connectivity index (χ3n) is 7.11. The molecule has 1 fully saturated rings. The van der Waals surface area contributed by atoms with Crippen molar-refractivity contribution in [2.24, 2.45) is 5.41 Å². The highest BCUT2D eigenvalue weighted by atomic mass is 35.5. The van der Waals surface area contributed by atoms with E-state index in [1.165, 1.54) is 0 Å². The third-order valence-corrected chi connectivity index (χ3v) is 7.11. The number of pyridine rings is 1. The zero-order valence-electron chi connectivity index (χ0n) is 22.1. The molecule has 0 atom stereocenters. The van der Waals surface area contributed by atoms with Crippen LogP contribution >= 0.6 is 12.4 Å². The minimum absolute atomic E-state index is 0. The molecule has 1 aromatic carbocycles. The number of anilines is 1. The zero-order chi connectivity index (χ0) is 25.7. The van der Waals surface area contributed by atoms with Crippen LogP contribution in [0.15, 0.2) is 36.5 Å². The minimum Gasteiger partial charge on any atom is -0.493 e. The number of fused-ring (bicyclic) bond motifs is 1. The molecule has 0 saturated carbocycles. The monoisotopic (exact) mass is 528 g/mol. The van der Waals surface area contributed by atoms with Crippen LogP contribution in [0.3, 0.4) is 0 Å². The normalized spacial score (nSPS) is 16.6. The molecule has 8 nitrogen and oxygen atoms in total. The van der Waals surface area contributed by atoms with Gasteiger partial charge >= 0.3 is 0 Å². The average Bonchev–Trinajstić information content (AvgIpc) is 2.88. The van der Waals surface area contributed by atoms with Crippen molar-refractivity contribution in [1.29, 1.82) is 0 Å². The summed E-state index contributed by atoms with van der Waals surface area (Å²) in [5.74, 6) is 1.91. The molecule has 0 unspecified atom stereocenters. The largest absolute Gasteiger partial charge is 0.493 e. The summed E-state index contributed by atoms with van der Waals surface area (Å²) >= 11 is 0. The van der Waals surface area contributed by atoms with E-state index in [-0.39, 0.29) is 29.6 Å². The van der Waals surface area contributed by atoms with Crippen LogP contribution in [0.4, 0.5) is 5.82 Å². The van der Waals surface area contributed by atoms with E-state index in [0.717, 1.165) is 49.0 Å². The standard InChI is InChI=1S/C28H36N4O4.ClH/c1-5-15-36-25-21(7-6-8-23(25)35-4)19-32(3)24(33)10-9-20-16-22-17-28(11-13-31(2)14-12-28)27(34)30-26(22)29-18-20;/h6-10,16,18H,5,11-15,17,19H2,1-4H3,(H,29,30,34);1H/b10-9+;. The van der Waals surface area contributed by atoms with Gasteiger partial charge in [-0.15, -0.1) is 12.4 Å². The second-order valence-electron chi connectivity index (χ2n) is 9.82. The Labute approximate surface area is 225 Å². The number of nitrogens with one attached hydrogen (secondary N) is 1. The van der Waals surface area contributed by atoms with Gasteiger partial charge in [-0.2, -0.15) is 0 Å². The molecule has 37 heavy (non-hydrogen) atoms. The van der Waals surface area contributed by atoms with E-state index in [0.29, 0.717) is 36.9 Å². The van der Waals surface area contributed by atoms with E-state index in [9.17, 15) is 9.59 Å². The topological polar surface area (TPSA) is 84.0 Å². The number of benzene rings is 1. The number of likely N-dealkylation sites (N-methyl/N-ethyl adjacent to an activating group) is 1. The van der Waals surface area contributed by atoms with Crippen LogP contribution in [0.1, 0.15) is 42.9 Å². The van der Waals surface area contributed by atoms with Gasteiger partial charge in [-0.3, -0.25) is 9.59 Å². The van der Waals surface area contributed by atoms with Gasteiger partial charge in [0.15, 0.2) is 11.5 Å². The van der Waals surface area contributed by atoms with Crippen LogP contribution in [0.5, 0.6) is 11.5 Å². The Bertz CT molecular complexity index is 1140. The number of nitrogens with zero attached hydrogens (tertiary/aromatic N) is 3. The van der Waals surface area contributed by atoms with Gasteiger partial charge in [-0.25, -0.2) is 4.98 Å². The number of rotatable bonds is 8. The number of likely N-dealkylation sites (tertiary alicyclic amines) is 1. The molecular weight excluding hydrogens is 492 g/mol. The lowest BCUT2D eigenvalue weighted by Gasteiger charge is -2.42. The van der Waals surface area contributed by atoms with Crippen molar-refractivity contribution in [2.75, 3.05) is 46.2 Å². The Morgan fingerprint density at radius 2 is 2.05 bits per heavy atom. The first-order chi connectivity index (χ1) is 17.3. The highest BCUT2D eigenvalue weighted by Gasteiger charge is 2.44. The van der Waals surface area contributed by atoms with Crippen molar-refractivity contribution >= 4 is 36.1 Å². The number of carbonyl (C=O) groups is 2.